The fourth-order valence-electron chi connectivity index (χ4n) is 5.13. The molecule has 5 nitrogen and oxygen atoms in total. The van der Waals surface area contributed by atoms with Crippen LogP contribution in [0.3, 0.4) is 0 Å². The summed E-state index contributed by atoms with van der Waals surface area (Å²) in [5.41, 5.74) is 2.76. The molecule has 0 saturated carbocycles. The zero-order chi connectivity index (χ0) is 19.7. The van der Waals surface area contributed by atoms with Gasteiger partial charge in [0.1, 0.15) is 0 Å². The summed E-state index contributed by atoms with van der Waals surface area (Å²) in [5.74, 6) is 0.402. The van der Waals surface area contributed by atoms with Gasteiger partial charge < -0.3 is 15.1 Å². The lowest BCUT2D eigenvalue weighted by Crippen LogP contribution is -2.48. The molecule has 2 saturated heterocycles. The third-order valence-electron chi connectivity index (χ3n) is 6.97. The van der Waals surface area contributed by atoms with E-state index in [1.807, 2.05) is 9.80 Å². The molecular formula is C23H33N3O2. The Morgan fingerprint density at radius 1 is 0.964 bits per heavy atom. The Hall–Kier alpha value is -2.04. The van der Waals surface area contributed by atoms with Gasteiger partial charge in [-0.3, -0.25) is 4.79 Å². The van der Waals surface area contributed by atoms with Crippen LogP contribution in [-0.2, 0) is 10.2 Å². The fraction of sp³-hybridized carbons (Fsp3) is 0.652. The summed E-state index contributed by atoms with van der Waals surface area (Å²) in [6.45, 7) is 7.75. The van der Waals surface area contributed by atoms with Crippen LogP contribution in [-0.4, -0.2) is 47.9 Å². The molecule has 5 heteroatoms. The van der Waals surface area contributed by atoms with Crippen LogP contribution in [0.2, 0.25) is 0 Å². The Morgan fingerprint density at radius 3 is 2.36 bits per heavy atom. The van der Waals surface area contributed by atoms with Crippen molar-refractivity contribution in [3.63, 3.8) is 0 Å². The quantitative estimate of drug-likeness (QED) is 0.843. The van der Waals surface area contributed by atoms with E-state index < -0.39 is 0 Å². The normalized spacial score (nSPS) is 24.7. The number of piperidine rings is 1. The number of carbonyl (C=O) groups is 2. The second-order valence-electron chi connectivity index (χ2n) is 9.31. The van der Waals surface area contributed by atoms with Crippen LogP contribution in [0.1, 0.15) is 69.5 Å². The van der Waals surface area contributed by atoms with Crippen LogP contribution in [0.4, 0.5) is 4.79 Å². The number of hydrogen-bond donors (Lipinski definition) is 1. The molecule has 2 heterocycles. The summed E-state index contributed by atoms with van der Waals surface area (Å²) < 4.78 is 0. The van der Waals surface area contributed by atoms with Gasteiger partial charge in [-0.25, -0.2) is 4.79 Å². The molecule has 3 aliphatic rings. The van der Waals surface area contributed by atoms with E-state index in [0.717, 1.165) is 51.6 Å². The molecule has 152 valence electrons. The van der Waals surface area contributed by atoms with Crippen molar-refractivity contribution in [1.82, 2.24) is 15.1 Å². The lowest BCUT2D eigenvalue weighted by Gasteiger charge is -2.39. The van der Waals surface area contributed by atoms with Crippen molar-refractivity contribution in [2.75, 3.05) is 26.2 Å². The third kappa shape index (κ3) is 3.76. The van der Waals surface area contributed by atoms with Crippen molar-refractivity contribution in [2.45, 2.75) is 63.8 Å². The molecule has 0 bridgehead atoms. The first kappa shape index (κ1) is 19.3. The molecule has 0 aromatic heterocycles. The molecule has 28 heavy (non-hydrogen) atoms. The Balaban J connectivity index is 1.34. The largest absolute Gasteiger partial charge is 0.342 e. The Morgan fingerprint density at radius 2 is 1.64 bits per heavy atom. The minimum Gasteiger partial charge on any atom is -0.342 e. The molecule has 1 unspecified atom stereocenters. The zero-order valence-electron chi connectivity index (χ0n) is 17.2. The molecule has 1 aromatic rings. The van der Waals surface area contributed by atoms with E-state index in [9.17, 15) is 9.59 Å². The van der Waals surface area contributed by atoms with Crippen molar-refractivity contribution in [1.29, 1.82) is 0 Å². The second-order valence-corrected chi connectivity index (χ2v) is 9.31. The summed E-state index contributed by atoms with van der Waals surface area (Å²) >= 11 is 0. The first-order valence-electron chi connectivity index (χ1n) is 10.9. The van der Waals surface area contributed by atoms with Gasteiger partial charge in [-0.2, -0.15) is 0 Å². The van der Waals surface area contributed by atoms with Gasteiger partial charge in [-0.1, -0.05) is 38.1 Å². The van der Waals surface area contributed by atoms with Gasteiger partial charge >= 0.3 is 6.03 Å². The van der Waals surface area contributed by atoms with E-state index in [2.05, 4.69) is 43.4 Å². The summed E-state index contributed by atoms with van der Waals surface area (Å²) in [5, 5.41) is 3.27. The van der Waals surface area contributed by atoms with Crippen molar-refractivity contribution in [3.8, 4) is 0 Å². The molecule has 1 aromatic carbocycles. The van der Waals surface area contributed by atoms with Crippen molar-refractivity contribution in [2.24, 2.45) is 5.92 Å². The highest BCUT2D eigenvalue weighted by molar-refractivity contribution is 5.80. The Kier molecular flexibility index (Phi) is 5.35. The summed E-state index contributed by atoms with van der Waals surface area (Å²) in [6.07, 6.45) is 5.88. The number of fused-ring (bicyclic) bond motifs is 1. The average Bonchev–Trinajstić information content (AvgIpc) is 3.25. The van der Waals surface area contributed by atoms with Gasteiger partial charge in [-0.15, -0.1) is 0 Å². The highest BCUT2D eigenvalue weighted by Crippen LogP contribution is 2.41. The van der Waals surface area contributed by atoms with E-state index in [0.29, 0.717) is 19.0 Å². The summed E-state index contributed by atoms with van der Waals surface area (Å²) in [4.78, 5) is 29.4. The minimum atomic E-state index is 0.0200. The number of nitrogens with one attached hydrogen (secondary N) is 1. The molecule has 0 radical (unpaired) electrons. The standard InChI is InChI=1S/C23H33N3O2/c1-23(2)12-9-20(18-7-3-4-8-19(18)23)24-22(28)26-15-10-17(11-16-26)21(27)25-13-5-6-14-25/h3-4,7-8,17,20H,5-6,9-16H2,1-2H3,(H,24,28). The number of rotatable bonds is 2. The van der Waals surface area contributed by atoms with Crippen LogP contribution in [0.5, 0.6) is 0 Å². The molecule has 1 N–H and O–H groups in total. The van der Waals surface area contributed by atoms with Crippen LogP contribution >= 0.6 is 0 Å². The van der Waals surface area contributed by atoms with Gasteiger partial charge in [0.15, 0.2) is 0 Å². The van der Waals surface area contributed by atoms with Gasteiger partial charge in [0, 0.05) is 32.1 Å². The van der Waals surface area contributed by atoms with E-state index in [1.165, 1.54) is 11.1 Å². The summed E-state index contributed by atoms with van der Waals surface area (Å²) in [7, 11) is 0. The second kappa shape index (κ2) is 7.76. The molecule has 0 spiro atoms. The van der Waals surface area contributed by atoms with Crippen LogP contribution in [0.25, 0.3) is 0 Å². The monoisotopic (exact) mass is 383 g/mol. The van der Waals surface area contributed by atoms with Crippen LogP contribution < -0.4 is 5.32 Å². The summed E-state index contributed by atoms with van der Waals surface area (Å²) in [6, 6.07) is 8.61. The molecule has 1 atom stereocenters. The molecule has 2 fully saturated rings. The number of carbonyl (C=O) groups excluding carboxylic acids is 2. The van der Waals surface area contributed by atoms with E-state index in [1.54, 1.807) is 0 Å². The third-order valence-corrected chi connectivity index (χ3v) is 6.97. The molecule has 1 aliphatic carbocycles. The molecule has 3 amide bonds. The number of amides is 3. The van der Waals surface area contributed by atoms with Crippen LogP contribution in [0, 0.1) is 5.92 Å². The first-order chi connectivity index (χ1) is 13.5. The highest BCUT2D eigenvalue weighted by atomic mass is 16.2. The van der Waals surface area contributed by atoms with Gasteiger partial charge in [-0.05, 0) is 55.1 Å². The lowest BCUT2D eigenvalue weighted by molar-refractivity contribution is -0.135. The van der Waals surface area contributed by atoms with Crippen LogP contribution in [0.15, 0.2) is 24.3 Å². The molecular weight excluding hydrogens is 350 g/mol. The predicted octanol–water partition coefficient (Wildman–Crippen LogP) is 3.84. The van der Waals surface area contributed by atoms with Gasteiger partial charge in [0.25, 0.3) is 0 Å². The number of benzene rings is 1. The van der Waals surface area contributed by atoms with E-state index >= 15 is 0 Å². The fourth-order valence-corrected chi connectivity index (χ4v) is 5.13. The minimum absolute atomic E-state index is 0.0200. The van der Waals surface area contributed by atoms with Crippen molar-refractivity contribution >= 4 is 11.9 Å². The van der Waals surface area contributed by atoms with Crippen molar-refractivity contribution < 1.29 is 9.59 Å². The highest BCUT2D eigenvalue weighted by Gasteiger charge is 2.35. The SMILES string of the molecule is CC1(C)CCC(NC(=O)N2CCC(C(=O)N3CCCC3)CC2)c2ccccc21. The van der Waals surface area contributed by atoms with E-state index in [4.69, 9.17) is 0 Å². The number of nitrogens with zero attached hydrogens (tertiary/aromatic N) is 2. The Labute approximate surface area is 168 Å². The zero-order valence-corrected chi connectivity index (χ0v) is 17.2. The van der Waals surface area contributed by atoms with Gasteiger partial charge in [0.05, 0.1) is 6.04 Å². The molecule has 4 rings (SSSR count). The maximum atomic E-state index is 12.9. The topological polar surface area (TPSA) is 52.7 Å². The number of likely N-dealkylation sites (tertiary alicyclic amines) is 2. The molecule has 2 aliphatic heterocycles. The number of urea groups is 1. The maximum Gasteiger partial charge on any atom is 0.317 e. The van der Waals surface area contributed by atoms with Gasteiger partial charge in [0.2, 0.25) is 5.91 Å². The van der Waals surface area contributed by atoms with Crippen molar-refractivity contribution in [3.05, 3.63) is 35.4 Å². The van der Waals surface area contributed by atoms with E-state index in [-0.39, 0.29) is 23.4 Å². The smallest absolute Gasteiger partial charge is 0.317 e. The first-order valence-corrected chi connectivity index (χ1v) is 10.9. The average molecular weight is 384 g/mol. The maximum absolute atomic E-state index is 12.9. The number of hydrogen-bond acceptors (Lipinski definition) is 2. The predicted molar refractivity (Wildman–Crippen MR) is 110 cm³/mol. The lowest BCUT2D eigenvalue weighted by atomic mass is 9.71. The Bertz CT molecular complexity index is 731.